The Hall–Kier alpha value is -1.91. The molecule has 66 valence electrons. The zero-order valence-corrected chi connectivity index (χ0v) is 6.97. The van der Waals surface area contributed by atoms with Crippen LogP contribution in [0.1, 0.15) is 0 Å². The third-order valence-electron chi connectivity index (χ3n) is 1.59. The van der Waals surface area contributed by atoms with Crippen molar-refractivity contribution in [1.82, 2.24) is 15.2 Å². The fourth-order valence-corrected chi connectivity index (χ4v) is 1.01. The molecule has 0 aliphatic rings. The van der Waals surface area contributed by atoms with Crippen LogP contribution in [-0.4, -0.2) is 22.3 Å². The van der Waals surface area contributed by atoms with Crippen LogP contribution >= 0.6 is 0 Å². The molecule has 0 amide bonds. The van der Waals surface area contributed by atoms with E-state index in [0.717, 1.165) is 0 Å². The lowest BCUT2D eigenvalue weighted by Crippen LogP contribution is -1.88. The Labute approximate surface area is 74.4 Å². The summed E-state index contributed by atoms with van der Waals surface area (Å²) in [5, 5.41) is 7.33. The number of pyridine rings is 1. The lowest BCUT2D eigenvalue weighted by molar-refractivity contribution is 0.413. The molecule has 5 nitrogen and oxygen atoms in total. The monoisotopic (exact) mass is 177 g/mol. The first kappa shape index (κ1) is 7.72. The summed E-state index contributed by atoms with van der Waals surface area (Å²) in [6.45, 7) is 0. The molecule has 0 aromatic carbocycles. The molecule has 0 N–H and O–H groups in total. The predicted octanol–water partition coefficient (Wildman–Crippen LogP) is 1.14. The molecule has 0 unspecified atom stereocenters. The Morgan fingerprint density at radius 3 is 3.08 bits per heavy atom. The quantitative estimate of drug-likeness (QED) is 0.688. The summed E-state index contributed by atoms with van der Waals surface area (Å²) < 4.78 is 10.1. The molecule has 2 rings (SSSR count). The Bertz CT molecular complexity index is 386. The second-order valence-electron chi connectivity index (χ2n) is 2.32. The van der Waals surface area contributed by atoms with Gasteiger partial charge in [0, 0.05) is 12.4 Å². The molecule has 2 aromatic rings. The number of hydrogen-bond donors (Lipinski definition) is 0. The van der Waals surface area contributed by atoms with Gasteiger partial charge in [0.1, 0.15) is 5.75 Å². The normalized spacial score (nSPS) is 9.92. The van der Waals surface area contributed by atoms with Gasteiger partial charge in [0.25, 0.3) is 5.89 Å². The molecule has 0 saturated carbocycles. The van der Waals surface area contributed by atoms with Gasteiger partial charge in [-0.05, 0) is 6.07 Å². The molecule has 5 heteroatoms. The smallest absolute Gasteiger partial charge is 0.252 e. The van der Waals surface area contributed by atoms with Crippen LogP contribution in [0, 0.1) is 0 Å². The molecular weight excluding hydrogens is 170 g/mol. The van der Waals surface area contributed by atoms with Crippen molar-refractivity contribution in [3.63, 3.8) is 0 Å². The van der Waals surface area contributed by atoms with Gasteiger partial charge in [-0.15, -0.1) is 10.2 Å². The highest BCUT2D eigenvalue weighted by atomic mass is 16.5. The van der Waals surface area contributed by atoms with E-state index in [0.29, 0.717) is 17.2 Å². The van der Waals surface area contributed by atoms with Crippen molar-refractivity contribution < 1.29 is 9.15 Å². The summed E-state index contributed by atoms with van der Waals surface area (Å²) in [7, 11) is 1.58. The number of aromatic nitrogens is 3. The number of rotatable bonds is 2. The summed E-state index contributed by atoms with van der Waals surface area (Å²) in [6.07, 6.45) is 4.52. The molecule has 2 aromatic heterocycles. The van der Waals surface area contributed by atoms with Crippen molar-refractivity contribution in [1.29, 1.82) is 0 Å². The molecule has 0 aliphatic heterocycles. The van der Waals surface area contributed by atoms with E-state index in [-0.39, 0.29) is 0 Å². The minimum absolute atomic E-state index is 0.407. The van der Waals surface area contributed by atoms with E-state index in [2.05, 4.69) is 15.2 Å². The number of ether oxygens (including phenoxy) is 1. The highest BCUT2D eigenvalue weighted by molar-refractivity contribution is 5.60. The van der Waals surface area contributed by atoms with Gasteiger partial charge in [0.05, 0.1) is 12.7 Å². The molecule has 0 bridgehead atoms. The van der Waals surface area contributed by atoms with Gasteiger partial charge >= 0.3 is 0 Å². The maximum Gasteiger partial charge on any atom is 0.252 e. The Morgan fingerprint density at radius 1 is 1.46 bits per heavy atom. The highest BCUT2D eigenvalue weighted by Gasteiger charge is 2.09. The number of nitrogens with zero attached hydrogens (tertiary/aromatic N) is 3. The van der Waals surface area contributed by atoms with E-state index in [4.69, 9.17) is 9.15 Å². The van der Waals surface area contributed by atoms with Crippen LogP contribution in [0.4, 0.5) is 0 Å². The van der Waals surface area contributed by atoms with Gasteiger partial charge in [0.2, 0.25) is 6.39 Å². The lowest BCUT2D eigenvalue weighted by atomic mass is 10.2. The van der Waals surface area contributed by atoms with Crippen LogP contribution in [0.2, 0.25) is 0 Å². The number of methoxy groups -OCH3 is 1. The summed E-state index contributed by atoms with van der Waals surface area (Å²) in [5.74, 6) is 1.07. The average molecular weight is 177 g/mol. The van der Waals surface area contributed by atoms with Gasteiger partial charge < -0.3 is 9.15 Å². The first-order valence-electron chi connectivity index (χ1n) is 3.66. The van der Waals surface area contributed by atoms with E-state index in [1.165, 1.54) is 6.39 Å². The Kier molecular flexibility index (Phi) is 1.91. The molecule has 0 atom stereocenters. The topological polar surface area (TPSA) is 61.0 Å². The largest absolute Gasteiger partial charge is 0.496 e. The van der Waals surface area contributed by atoms with Crippen LogP contribution < -0.4 is 4.74 Å². The lowest BCUT2D eigenvalue weighted by Gasteiger charge is -2.02. The van der Waals surface area contributed by atoms with E-state index >= 15 is 0 Å². The molecule has 2 heterocycles. The molecule has 0 radical (unpaired) electrons. The molecule has 13 heavy (non-hydrogen) atoms. The highest BCUT2D eigenvalue weighted by Crippen LogP contribution is 2.26. The standard InChI is InChI=1S/C8H7N3O2/c1-12-7-2-3-9-4-6(7)8-11-10-5-13-8/h2-5H,1H3. The van der Waals surface area contributed by atoms with Crippen LogP contribution in [-0.2, 0) is 0 Å². The van der Waals surface area contributed by atoms with Gasteiger partial charge in [-0.2, -0.15) is 0 Å². The maximum absolute atomic E-state index is 5.10. The minimum atomic E-state index is 0.407. The molecule has 0 spiro atoms. The van der Waals surface area contributed by atoms with Crippen molar-refractivity contribution in [3.05, 3.63) is 24.9 Å². The summed E-state index contributed by atoms with van der Waals surface area (Å²) in [4.78, 5) is 3.94. The molecular formula is C8H7N3O2. The molecule has 0 aliphatic carbocycles. The fourth-order valence-electron chi connectivity index (χ4n) is 1.01. The predicted molar refractivity (Wildman–Crippen MR) is 44.1 cm³/mol. The van der Waals surface area contributed by atoms with Crippen molar-refractivity contribution in [3.8, 4) is 17.2 Å². The van der Waals surface area contributed by atoms with Crippen LogP contribution in [0.15, 0.2) is 29.3 Å². The second kappa shape index (κ2) is 3.22. The third kappa shape index (κ3) is 1.35. The Balaban J connectivity index is 2.51. The number of hydrogen-bond acceptors (Lipinski definition) is 5. The van der Waals surface area contributed by atoms with E-state index in [1.54, 1.807) is 25.6 Å². The van der Waals surface area contributed by atoms with Gasteiger partial charge in [-0.25, -0.2) is 0 Å². The van der Waals surface area contributed by atoms with E-state index in [9.17, 15) is 0 Å². The van der Waals surface area contributed by atoms with Crippen molar-refractivity contribution >= 4 is 0 Å². The average Bonchev–Trinajstić information content (AvgIpc) is 2.70. The molecule has 0 fully saturated rings. The maximum atomic E-state index is 5.10. The van der Waals surface area contributed by atoms with E-state index < -0.39 is 0 Å². The van der Waals surface area contributed by atoms with Crippen molar-refractivity contribution in [2.24, 2.45) is 0 Å². The SMILES string of the molecule is COc1ccncc1-c1nnco1. The Morgan fingerprint density at radius 2 is 2.38 bits per heavy atom. The van der Waals surface area contributed by atoms with Crippen LogP contribution in [0.3, 0.4) is 0 Å². The zero-order chi connectivity index (χ0) is 9.10. The van der Waals surface area contributed by atoms with Crippen molar-refractivity contribution in [2.75, 3.05) is 7.11 Å². The molecule has 0 saturated heterocycles. The van der Waals surface area contributed by atoms with Gasteiger partial charge in [0.15, 0.2) is 0 Å². The van der Waals surface area contributed by atoms with Gasteiger partial charge in [-0.3, -0.25) is 4.98 Å². The summed E-state index contributed by atoms with van der Waals surface area (Å²) in [5.41, 5.74) is 0.697. The summed E-state index contributed by atoms with van der Waals surface area (Å²) in [6, 6.07) is 1.74. The van der Waals surface area contributed by atoms with E-state index in [1.807, 2.05) is 0 Å². The zero-order valence-electron chi connectivity index (χ0n) is 6.97. The van der Waals surface area contributed by atoms with Crippen LogP contribution in [0.5, 0.6) is 5.75 Å². The third-order valence-corrected chi connectivity index (χ3v) is 1.59. The second-order valence-corrected chi connectivity index (χ2v) is 2.32. The minimum Gasteiger partial charge on any atom is -0.496 e. The summed E-state index contributed by atoms with van der Waals surface area (Å²) >= 11 is 0. The van der Waals surface area contributed by atoms with Crippen LogP contribution in [0.25, 0.3) is 11.5 Å². The fraction of sp³-hybridized carbons (Fsp3) is 0.125. The van der Waals surface area contributed by atoms with Gasteiger partial charge in [-0.1, -0.05) is 0 Å². The van der Waals surface area contributed by atoms with Crippen molar-refractivity contribution in [2.45, 2.75) is 0 Å². The first-order valence-corrected chi connectivity index (χ1v) is 3.66. The first-order chi connectivity index (χ1) is 6.42.